The number of methoxy groups -OCH3 is 2. The van der Waals surface area contributed by atoms with E-state index in [1.54, 1.807) is 117 Å². The number of anilines is 1. The predicted molar refractivity (Wildman–Crippen MR) is 285 cm³/mol. The summed E-state index contributed by atoms with van der Waals surface area (Å²) in [6.45, 7) is 3.39. The second kappa shape index (κ2) is 24.7. The minimum atomic E-state index is -4.55. The molecule has 380 valence electrons. The molecule has 0 aliphatic rings. The Morgan fingerprint density at radius 1 is 0.613 bits per heavy atom. The van der Waals surface area contributed by atoms with Gasteiger partial charge in [-0.2, -0.15) is 32.2 Å². The van der Waals surface area contributed by atoms with Gasteiger partial charge in [-0.3, -0.25) is 18.9 Å². The van der Waals surface area contributed by atoms with Crippen molar-refractivity contribution >= 4 is 149 Å². The molecule has 18 nitrogen and oxygen atoms in total. The van der Waals surface area contributed by atoms with Gasteiger partial charge < -0.3 is 30.1 Å². The Bertz CT molecular complexity index is 3830. The molecule has 75 heavy (non-hydrogen) atoms. The zero-order chi connectivity index (χ0) is 53.5. The van der Waals surface area contributed by atoms with E-state index in [-0.39, 0.29) is 116 Å². The van der Waals surface area contributed by atoms with Gasteiger partial charge in [0.1, 0.15) is 27.0 Å². The third-order valence-electron chi connectivity index (χ3n) is 11.1. The van der Waals surface area contributed by atoms with Crippen molar-refractivity contribution in [3.05, 3.63) is 166 Å². The number of carbonyl (C=O) groups is 1. The van der Waals surface area contributed by atoms with Gasteiger partial charge in [-0.05, 0) is 107 Å². The number of carbonyl (C=O) groups excluding carboxylic acids is 1. The summed E-state index contributed by atoms with van der Waals surface area (Å²) < 4.78 is 76.2. The van der Waals surface area contributed by atoms with Crippen molar-refractivity contribution in [2.45, 2.75) is 36.5 Å². The number of azo groups is 2. The van der Waals surface area contributed by atoms with Crippen molar-refractivity contribution in [2.75, 3.05) is 19.5 Å². The van der Waals surface area contributed by atoms with Crippen molar-refractivity contribution in [1.29, 1.82) is 0 Å². The van der Waals surface area contributed by atoms with Gasteiger partial charge in [-0.15, -0.1) is 5.11 Å². The molecule has 0 aliphatic heterocycles. The topological polar surface area (TPSA) is 284 Å². The number of benzene rings is 8. The van der Waals surface area contributed by atoms with Crippen molar-refractivity contribution in [3.8, 4) is 23.0 Å². The third kappa shape index (κ3) is 13.6. The van der Waals surface area contributed by atoms with Crippen molar-refractivity contribution in [3.63, 3.8) is 0 Å². The van der Waals surface area contributed by atoms with Crippen LogP contribution in [0.25, 0.3) is 21.5 Å². The van der Waals surface area contributed by atoms with E-state index in [0.29, 0.717) is 44.4 Å². The van der Waals surface area contributed by atoms with Gasteiger partial charge in [-0.1, -0.05) is 103 Å². The van der Waals surface area contributed by atoms with Gasteiger partial charge in [0.05, 0.1) is 52.6 Å². The van der Waals surface area contributed by atoms with E-state index >= 15 is 0 Å². The molecule has 0 spiro atoms. The van der Waals surface area contributed by atoms with Crippen LogP contribution in [0.1, 0.15) is 40.9 Å². The first-order valence-electron chi connectivity index (χ1n) is 22.0. The monoisotopic (exact) mass is 1120 g/mol. The summed E-state index contributed by atoms with van der Waals surface area (Å²) in [7, 11) is -6.08. The van der Waals surface area contributed by atoms with E-state index in [0.717, 1.165) is 0 Å². The largest absolute Gasteiger partial charge is 2.00 e. The normalized spacial score (nSPS) is 11.9. The molecule has 0 fully saturated rings. The van der Waals surface area contributed by atoms with Gasteiger partial charge in [0.2, 0.25) is 0 Å². The van der Waals surface area contributed by atoms with Crippen LogP contribution in [0.3, 0.4) is 0 Å². The summed E-state index contributed by atoms with van der Waals surface area (Å²) in [5.41, 5.74) is 1.38. The van der Waals surface area contributed by atoms with Crippen LogP contribution >= 0.6 is 23.2 Å². The number of halogens is 2. The first kappa shape index (κ1) is 57.6. The van der Waals surface area contributed by atoms with Gasteiger partial charge in [0.15, 0.2) is 5.75 Å². The van der Waals surface area contributed by atoms with Crippen LogP contribution in [0.2, 0.25) is 10.0 Å². The molecule has 0 atom stereocenters. The molecule has 0 bridgehead atoms. The zero-order valence-electron chi connectivity index (χ0n) is 40.1. The number of phenols is 1. The van der Waals surface area contributed by atoms with Crippen LogP contribution in [0.5, 0.6) is 23.0 Å². The molecule has 4 N–H and O–H groups in total. The number of ether oxygens (including phenoxy) is 2. The molecular weight excluding hydrogens is 1080 g/mol. The van der Waals surface area contributed by atoms with Gasteiger partial charge in [0.25, 0.3) is 26.1 Å². The minimum absolute atomic E-state index is 0. The number of amides is 1. The molecule has 0 aromatic heterocycles. The first-order chi connectivity index (χ1) is 35.2. The smallest absolute Gasteiger partial charge is 0.871 e. The fraction of sp³-hybridized carbons (Fsp3) is 0.115. The average Bonchev–Trinajstić information content (AvgIpc) is 3.36. The van der Waals surface area contributed by atoms with Gasteiger partial charge in [-0.25, -0.2) is 0 Å². The van der Waals surface area contributed by atoms with E-state index in [1.165, 1.54) is 44.6 Å². The number of rotatable bonds is 14. The van der Waals surface area contributed by atoms with Crippen molar-refractivity contribution < 1.29 is 55.5 Å². The van der Waals surface area contributed by atoms with E-state index < -0.39 is 42.7 Å². The van der Waals surface area contributed by atoms with Crippen molar-refractivity contribution in [1.82, 2.24) is 0 Å². The fourth-order valence-electron chi connectivity index (χ4n) is 7.62. The Kier molecular flexibility index (Phi) is 19.0. The quantitative estimate of drug-likeness (QED) is 0.0260. The maximum atomic E-state index is 13.3. The first-order valence-corrected chi connectivity index (χ1v) is 25.6. The van der Waals surface area contributed by atoms with Crippen LogP contribution in [0, 0.1) is 0 Å². The number of phenolic OH excluding ortho intramolecular Hbond substituents is 1. The molecule has 0 saturated heterocycles. The van der Waals surface area contributed by atoms with Crippen LogP contribution in [-0.4, -0.2) is 94.8 Å². The molecule has 0 aliphatic carbocycles. The number of aliphatic imine (C=N–C) groups is 1. The molecule has 1 amide bonds. The Labute approximate surface area is 470 Å². The summed E-state index contributed by atoms with van der Waals surface area (Å²) in [5, 5.41) is 58.4. The molecule has 8 aromatic carbocycles. The zero-order valence-corrected chi connectivity index (χ0v) is 45.5. The number of hydrogen-bond donors (Lipinski definition) is 4. The molecule has 0 radical (unpaired) electrons. The summed E-state index contributed by atoms with van der Waals surface area (Å²) >= 11 is 12.2. The summed E-state index contributed by atoms with van der Waals surface area (Å²) in [5.74, 6) is -1.32. The van der Waals surface area contributed by atoms with Crippen LogP contribution in [0.4, 0.5) is 34.1 Å². The van der Waals surface area contributed by atoms with E-state index in [1.807, 2.05) is 0 Å². The summed E-state index contributed by atoms with van der Waals surface area (Å²) in [6, 6.07) is 35.5. The molecule has 0 heterocycles. The maximum absolute atomic E-state index is 13.3. The fourth-order valence-corrected chi connectivity index (χ4v) is 10.4. The molecule has 23 heteroatoms. The van der Waals surface area contributed by atoms with Crippen LogP contribution in [-0.2, 0) is 33.1 Å². The molecule has 0 unspecified atom stereocenters. The summed E-state index contributed by atoms with van der Waals surface area (Å²) in [6.07, 6.45) is 0.496. The molecule has 0 saturated carbocycles. The molecule has 8 aromatic rings. The average molecular weight is 1120 g/mol. The second-order valence-electron chi connectivity index (χ2n) is 15.9. The van der Waals surface area contributed by atoms with Crippen LogP contribution in [0.15, 0.2) is 169 Å². The van der Waals surface area contributed by atoms with Gasteiger partial charge in [0, 0.05) is 28.6 Å². The Morgan fingerprint density at radius 3 is 1.61 bits per heavy atom. The number of nitrogens with zero attached hydrogens (tertiary/aromatic N) is 5. The van der Waals surface area contributed by atoms with E-state index in [9.17, 15) is 46.1 Å². The molecular formula is C52H42CaCl2N6O12S2. The standard InChI is InChI=1S/2C26H22ClN3O6S.Ca/c2*1-3-15-11-18(14-22(27)25(15)37(33,34)35)29-30-23-20-10-5-4-7-16(20)12-21(24(23)31)26(32)28-17-8-6-9-19(13-17)36-2;/h2*4-14,31H,3H2,1-2H3,(H,28,32)(H,33,34,35);/q;;+2/p-2. The Morgan fingerprint density at radius 2 is 1.09 bits per heavy atom. The van der Waals surface area contributed by atoms with E-state index in [2.05, 4.69) is 30.8 Å². The number of nitrogens with one attached hydrogen (secondary N) is 1. The third-order valence-corrected chi connectivity index (χ3v) is 13.9. The predicted octanol–water partition coefficient (Wildman–Crippen LogP) is 11.5. The summed E-state index contributed by atoms with van der Waals surface area (Å²) in [4.78, 5) is 16.3. The number of hydrogen-bond acceptors (Lipinski definition) is 15. The second-order valence-corrected chi connectivity index (χ2v) is 19.4. The number of aromatic hydroxyl groups is 1. The van der Waals surface area contributed by atoms with Crippen LogP contribution < -0.4 is 25.0 Å². The SMILES string of the molecule is CCc1cc(N=Nc2c(O)c(C(=O)Nc3cccc(OC)c3)cc3ccccc23)cc(Cl)c1S(=O)(=O)O.CCc1cc(N=Nc2c([O-])c(C([O-])=Nc3cccc(OC)c3)cc3ccccc23)cc(Cl)c1S(=O)(=O)O.[Ca+2]. The maximum Gasteiger partial charge on any atom is 2.00 e. The van der Waals surface area contributed by atoms with E-state index in [4.69, 9.17) is 32.7 Å². The van der Waals surface area contributed by atoms with Crippen molar-refractivity contribution in [2.24, 2.45) is 25.4 Å². The molecule has 8 rings (SSSR count). The number of aryl methyl sites for hydroxylation is 2. The Balaban J connectivity index is 0.000000241. The number of fused-ring (bicyclic) bond motifs is 2. The Hall–Kier alpha value is -6.72. The minimum Gasteiger partial charge on any atom is -0.871 e. The van der Waals surface area contributed by atoms with Gasteiger partial charge >= 0.3 is 37.7 Å².